The minimum atomic E-state index is -0.983. The second-order valence-corrected chi connectivity index (χ2v) is 6.44. The van der Waals surface area contributed by atoms with Gasteiger partial charge in [0, 0.05) is 32.0 Å². The van der Waals surface area contributed by atoms with Gasteiger partial charge in [-0.25, -0.2) is 4.98 Å². The molecular formula is C15H23ClN4O3. The van der Waals surface area contributed by atoms with Gasteiger partial charge in [0.2, 0.25) is 5.91 Å². The van der Waals surface area contributed by atoms with Crippen LogP contribution in [0.3, 0.4) is 0 Å². The molecule has 0 bridgehead atoms. The van der Waals surface area contributed by atoms with E-state index in [0.29, 0.717) is 24.7 Å². The first kappa shape index (κ1) is 17.7. The first-order valence-corrected chi connectivity index (χ1v) is 8.12. The van der Waals surface area contributed by atoms with E-state index < -0.39 is 5.97 Å². The number of aromatic nitrogens is 2. The Bertz CT molecular complexity index is 565. The second kappa shape index (κ2) is 7.79. The highest BCUT2D eigenvalue weighted by atomic mass is 35.5. The van der Waals surface area contributed by atoms with Gasteiger partial charge in [-0.1, -0.05) is 11.6 Å². The van der Waals surface area contributed by atoms with E-state index >= 15 is 0 Å². The first-order valence-electron chi connectivity index (χ1n) is 7.74. The lowest BCUT2D eigenvalue weighted by Gasteiger charge is -2.35. The van der Waals surface area contributed by atoms with Crippen molar-refractivity contribution in [3.8, 4) is 0 Å². The highest BCUT2D eigenvalue weighted by Crippen LogP contribution is 2.17. The predicted octanol–water partition coefficient (Wildman–Crippen LogP) is 1.11. The number of nitrogens with zero attached hydrogens (tertiary/aromatic N) is 4. The molecule has 7 nitrogen and oxygen atoms in total. The molecule has 1 saturated heterocycles. The molecule has 1 aliphatic rings. The average Bonchev–Trinajstić information content (AvgIpc) is 2.85. The van der Waals surface area contributed by atoms with Crippen LogP contribution in [0.5, 0.6) is 0 Å². The zero-order chi connectivity index (χ0) is 17.0. The van der Waals surface area contributed by atoms with E-state index in [-0.39, 0.29) is 17.6 Å². The number of carboxylic acid groups (broad SMARTS) is 1. The second-order valence-electron chi connectivity index (χ2n) is 6.05. The molecule has 0 atom stereocenters. The number of aryl methyl sites for hydroxylation is 1. The summed E-state index contributed by atoms with van der Waals surface area (Å²) in [5, 5.41) is 9.18. The van der Waals surface area contributed by atoms with Crippen LogP contribution >= 0.6 is 11.6 Å². The predicted molar refractivity (Wildman–Crippen MR) is 86.5 cm³/mol. The summed E-state index contributed by atoms with van der Waals surface area (Å²) < 4.78 is 1.43. The molecule has 1 fully saturated rings. The van der Waals surface area contributed by atoms with E-state index in [4.69, 9.17) is 16.7 Å². The molecule has 0 aliphatic carbocycles. The molecule has 0 unspecified atom stereocenters. The molecule has 1 aromatic rings. The van der Waals surface area contributed by atoms with E-state index in [1.54, 1.807) is 0 Å². The van der Waals surface area contributed by atoms with Crippen LogP contribution in [0.2, 0.25) is 5.15 Å². The van der Waals surface area contributed by atoms with Crippen molar-refractivity contribution >= 4 is 23.5 Å². The van der Waals surface area contributed by atoms with Crippen molar-refractivity contribution in [2.45, 2.75) is 38.3 Å². The highest BCUT2D eigenvalue weighted by Gasteiger charge is 2.24. The lowest BCUT2D eigenvalue weighted by molar-refractivity contribution is -0.137. The van der Waals surface area contributed by atoms with E-state index in [1.807, 2.05) is 4.90 Å². The molecule has 1 aromatic heterocycles. The van der Waals surface area contributed by atoms with E-state index in [9.17, 15) is 9.59 Å². The molecule has 0 saturated carbocycles. The fourth-order valence-corrected chi connectivity index (χ4v) is 3.11. The van der Waals surface area contributed by atoms with Crippen LogP contribution in [0.4, 0.5) is 0 Å². The number of piperidine rings is 1. The summed E-state index contributed by atoms with van der Waals surface area (Å²) in [6.07, 6.45) is 4.11. The summed E-state index contributed by atoms with van der Waals surface area (Å²) in [6.45, 7) is 1.30. The van der Waals surface area contributed by atoms with Gasteiger partial charge in [-0.3, -0.25) is 9.59 Å². The van der Waals surface area contributed by atoms with E-state index in [1.165, 1.54) is 10.8 Å². The van der Waals surface area contributed by atoms with Gasteiger partial charge in [-0.15, -0.1) is 0 Å². The zero-order valence-corrected chi connectivity index (χ0v) is 14.3. The van der Waals surface area contributed by atoms with E-state index in [2.05, 4.69) is 24.0 Å². The molecule has 0 radical (unpaired) electrons. The van der Waals surface area contributed by atoms with Crippen molar-refractivity contribution in [2.75, 3.05) is 27.2 Å². The molecule has 1 aliphatic heterocycles. The van der Waals surface area contributed by atoms with Crippen LogP contribution in [-0.2, 0) is 22.6 Å². The van der Waals surface area contributed by atoms with Crippen LogP contribution in [0, 0.1) is 0 Å². The number of carbonyl (C=O) groups excluding carboxylic acids is 1. The molecule has 8 heteroatoms. The zero-order valence-electron chi connectivity index (χ0n) is 13.5. The number of carbonyl (C=O) groups is 2. The lowest BCUT2D eigenvalue weighted by Crippen LogP contribution is -2.44. The van der Waals surface area contributed by atoms with Crippen LogP contribution in [0.25, 0.3) is 0 Å². The minimum Gasteiger partial charge on any atom is -0.480 e. The Balaban J connectivity index is 1.87. The number of rotatable bonds is 6. The number of hydrogen-bond acceptors (Lipinski definition) is 4. The summed E-state index contributed by atoms with van der Waals surface area (Å²) in [7, 11) is 4.13. The molecule has 23 heavy (non-hydrogen) atoms. The molecule has 2 heterocycles. The highest BCUT2D eigenvalue weighted by molar-refractivity contribution is 6.29. The molecular weight excluding hydrogens is 320 g/mol. The van der Waals surface area contributed by atoms with Crippen molar-refractivity contribution < 1.29 is 14.7 Å². The molecule has 128 valence electrons. The summed E-state index contributed by atoms with van der Waals surface area (Å²) in [4.78, 5) is 31.4. The maximum absolute atomic E-state index is 12.3. The molecule has 2 rings (SSSR count). The Hall–Kier alpha value is -1.60. The maximum Gasteiger partial charge on any atom is 0.323 e. The van der Waals surface area contributed by atoms with E-state index in [0.717, 1.165) is 25.9 Å². The van der Waals surface area contributed by atoms with Gasteiger partial charge in [-0.2, -0.15) is 0 Å². The average molecular weight is 343 g/mol. The number of likely N-dealkylation sites (tertiary alicyclic amines) is 1. The molecule has 1 N–H and O–H groups in total. The fraction of sp³-hybridized carbons (Fsp3) is 0.667. The quantitative estimate of drug-likeness (QED) is 0.837. The molecule has 1 amide bonds. The van der Waals surface area contributed by atoms with Crippen LogP contribution < -0.4 is 0 Å². The summed E-state index contributed by atoms with van der Waals surface area (Å²) in [6, 6.07) is 0.535. The summed E-state index contributed by atoms with van der Waals surface area (Å²) in [5.41, 5.74) is 0. The number of amides is 1. The number of imidazole rings is 1. The van der Waals surface area contributed by atoms with Gasteiger partial charge in [0.05, 0.1) is 6.20 Å². The van der Waals surface area contributed by atoms with Crippen molar-refractivity contribution in [3.05, 3.63) is 17.2 Å². The molecule has 0 spiro atoms. The van der Waals surface area contributed by atoms with Crippen LogP contribution in [0.15, 0.2) is 6.20 Å². The summed E-state index contributed by atoms with van der Waals surface area (Å²) in [5.74, 6) is -0.361. The van der Waals surface area contributed by atoms with Gasteiger partial charge in [-0.05, 0) is 26.9 Å². The monoisotopic (exact) mass is 342 g/mol. The number of carboxylic acids is 1. The van der Waals surface area contributed by atoms with Crippen LogP contribution in [-0.4, -0.2) is 69.6 Å². The largest absolute Gasteiger partial charge is 0.480 e. The van der Waals surface area contributed by atoms with Crippen molar-refractivity contribution in [2.24, 2.45) is 0 Å². The normalized spacial score (nSPS) is 16.1. The number of halogens is 1. The third-order valence-corrected chi connectivity index (χ3v) is 4.59. The van der Waals surface area contributed by atoms with Gasteiger partial charge >= 0.3 is 5.97 Å². The smallest absolute Gasteiger partial charge is 0.323 e. The van der Waals surface area contributed by atoms with Gasteiger partial charge in [0.1, 0.15) is 17.5 Å². The SMILES string of the molecule is CN(C)C1CCN(C(=O)CCc2ncc(Cl)n2CC(=O)O)CC1. The maximum atomic E-state index is 12.3. The standard InChI is InChI=1S/C15H23ClN4O3/c1-18(2)11-5-7-19(8-6-11)14(21)4-3-13-17-9-12(16)20(13)10-15(22)23/h9,11H,3-8,10H2,1-2H3,(H,22,23). The van der Waals surface area contributed by atoms with Gasteiger partial charge in [0.25, 0.3) is 0 Å². The number of hydrogen-bond donors (Lipinski definition) is 1. The Morgan fingerprint density at radius 3 is 2.61 bits per heavy atom. The van der Waals surface area contributed by atoms with Crippen molar-refractivity contribution in [1.29, 1.82) is 0 Å². The van der Waals surface area contributed by atoms with Crippen LogP contribution in [0.1, 0.15) is 25.1 Å². The topological polar surface area (TPSA) is 78.7 Å². The Labute approximate surface area is 140 Å². The van der Waals surface area contributed by atoms with Gasteiger partial charge in [0.15, 0.2) is 0 Å². The fourth-order valence-electron chi connectivity index (χ4n) is 2.90. The Kier molecular flexibility index (Phi) is 6.01. The number of aliphatic carboxylic acids is 1. The minimum absolute atomic E-state index is 0.0863. The van der Waals surface area contributed by atoms with Gasteiger partial charge < -0.3 is 19.5 Å². The van der Waals surface area contributed by atoms with Crippen molar-refractivity contribution in [1.82, 2.24) is 19.4 Å². The summed E-state index contributed by atoms with van der Waals surface area (Å²) >= 11 is 5.94. The lowest BCUT2D eigenvalue weighted by atomic mass is 10.0. The Morgan fingerprint density at radius 2 is 2.04 bits per heavy atom. The third kappa shape index (κ3) is 4.68. The first-order chi connectivity index (χ1) is 10.9. The van der Waals surface area contributed by atoms with Crippen molar-refractivity contribution in [3.63, 3.8) is 0 Å². The molecule has 0 aromatic carbocycles. The Morgan fingerprint density at radius 1 is 1.39 bits per heavy atom. The third-order valence-electron chi connectivity index (χ3n) is 4.29.